The van der Waals surface area contributed by atoms with Gasteiger partial charge >= 0.3 is 0 Å². The Morgan fingerprint density at radius 3 is 2.54 bits per heavy atom. The Balaban J connectivity index is 1.43. The molecule has 0 radical (unpaired) electrons. The Kier molecular flexibility index (Phi) is 4.30. The molecular formula is C23H26N4O. The summed E-state index contributed by atoms with van der Waals surface area (Å²) in [4.78, 5) is 15.1. The average Bonchev–Trinajstić information content (AvgIpc) is 3.32. The third-order valence-electron chi connectivity index (χ3n) is 6.38. The maximum absolute atomic E-state index is 13.2. The number of carbonyl (C=O) groups excluding carboxylic acids is 1. The van der Waals surface area contributed by atoms with Crippen LogP contribution in [0, 0.1) is 5.92 Å². The number of nitrogen functional groups attached to an aromatic ring is 1. The molecule has 1 amide bonds. The molecule has 5 heteroatoms. The van der Waals surface area contributed by atoms with Crippen LogP contribution < -0.4 is 5.73 Å². The van der Waals surface area contributed by atoms with Crippen molar-refractivity contribution in [3.8, 4) is 0 Å². The first-order valence-electron chi connectivity index (χ1n) is 10.3. The second-order valence-electron chi connectivity index (χ2n) is 8.30. The van der Waals surface area contributed by atoms with E-state index in [0.717, 1.165) is 23.0 Å². The van der Waals surface area contributed by atoms with E-state index in [9.17, 15) is 4.79 Å². The number of aromatic nitrogens is 2. The number of hydrogen-bond acceptors (Lipinski definition) is 3. The number of nitrogens with one attached hydrogen (secondary N) is 1. The summed E-state index contributed by atoms with van der Waals surface area (Å²) in [6.07, 6.45) is 7.57. The molecule has 1 aromatic heterocycles. The highest BCUT2D eigenvalue weighted by Crippen LogP contribution is 2.31. The number of benzene rings is 2. The molecular weight excluding hydrogens is 348 g/mol. The van der Waals surface area contributed by atoms with Crippen LogP contribution in [0.1, 0.15) is 59.3 Å². The number of anilines is 1. The van der Waals surface area contributed by atoms with Crippen LogP contribution in [0.4, 0.5) is 5.69 Å². The Hall–Kier alpha value is -2.82. The molecule has 0 bridgehead atoms. The van der Waals surface area contributed by atoms with E-state index in [1.165, 1.54) is 43.2 Å². The molecule has 0 atom stereocenters. The summed E-state index contributed by atoms with van der Waals surface area (Å²) in [5, 5.41) is 8.69. The van der Waals surface area contributed by atoms with Crippen LogP contribution in [-0.4, -0.2) is 21.0 Å². The summed E-state index contributed by atoms with van der Waals surface area (Å²) in [7, 11) is 0. The van der Waals surface area contributed by atoms with Crippen molar-refractivity contribution in [2.24, 2.45) is 5.92 Å². The van der Waals surface area contributed by atoms with E-state index in [-0.39, 0.29) is 5.91 Å². The lowest BCUT2D eigenvalue weighted by Crippen LogP contribution is -2.26. The highest BCUT2D eigenvalue weighted by Gasteiger charge is 2.26. The van der Waals surface area contributed by atoms with Gasteiger partial charge in [0, 0.05) is 29.9 Å². The van der Waals surface area contributed by atoms with E-state index in [4.69, 9.17) is 5.73 Å². The molecule has 0 saturated heterocycles. The van der Waals surface area contributed by atoms with Gasteiger partial charge in [-0.15, -0.1) is 0 Å². The van der Waals surface area contributed by atoms with Gasteiger partial charge in [0.15, 0.2) is 0 Å². The zero-order valence-corrected chi connectivity index (χ0v) is 16.1. The van der Waals surface area contributed by atoms with Crippen molar-refractivity contribution in [2.75, 3.05) is 5.73 Å². The molecule has 3 aromatic rings. The number of carbonyl (C=O) groups is 1. The van der Waals surface area contributed by atoms with Crippen LogP contribution in [0.25, 0.3) is 10.9 Å². The van der Waals surface area contributed by atoms with Crippen molar-refractivity contribution in [2.45, 2.75) is 51.6 Å². The molecule has 2 aliphatic rings. The molecule has 1 aliphatic carbocycles. The molecule has 5 nitrogen and oxygen atoms in total. The number of nitrogens with zero attached hydrogens (tertiary/aromatic N) is 2. The van der Waals surface area contributed by atoms with Gasteiger partial charge in [-0.1, -0.05) is 56.4 Å². The SMILES string of the molecule is Nc1cc2n[nH]c(CC3CCCCC3)c2cc1C(=O)N1Cc2ccccc2C1. The molecule has 0 unspecified atom stereocenters. The van der Waals surface area contributed by atoms with Gasteiger partial charge in [0.2, 0.25) is 0 Å². The third-order valence-corrected chi connectivity index (χ3v) is 6.38. The van der Waals surface area contributed by atoms with Crippen LogP contribution in [-0.2, 0) is 19.5 Å². The summed E-state index contributed by atoms with van der Waals surface area (Å²) in [5.41, 5.74) is 11.8. The minimum Gasteiger partial charge on any atom is -0.398 e. The fourth-order valence-corrected chi connectivity index (χ4v) is 4.79. The summed E-state index contributed by atoms with van der Waals surface area (Å²) >= 11 is 0. The van der Waals surface area contributed by atoms with Gasteiger partial charge in [-0.3, -0.25) is 9.89 Å². The molecule has 0 spiro atoms. The van der Waals surface area contributed by atoms with E-state index in [0.29, 0.717) is 30.3 Å². The summed E-state index contributed by atoms with van der Waals surface area (Å²) < 4.78 is 0. The molecule has 28 heavy (non-hydrogen) atoms. The van der Waals surface area contributed by atoms with E-state index >= 15 is 0 Å². The Morgan fingerprint density at radius 1 is 1.11 bits per heavy atom. The lowest BCUT2D eigenvalue weighted by Gasteiger charge is -2.21. The maximum atomic E-state index is 13.2. The highest BCUT2D eigenvalue weighted by atomic mass is 16.2. The second-order valence-corrected chi connectivity index (χ2v) is 8.30. The molecule has 144 valence electrons. The van der Waals surface area contributed by atoms with Crippen molar-refractivity contribution >= 4 is 22.5 Å². The predicted molar refractivity (Wildman–Crippen MR) is 111 cm³/mol. The number of amides is 1. The smallest absolute Gasteiger partial charge is 0.256 e. The van der Waals surface area contributed by atoms with E-state index in [1.807, 2.05) is 29.2 Å². The summed E-state index contributed by atoms with van der Waals surface area (Å²) in [6, 6.07) is 12.0. The zero-order valence-electron chi connectivity index (χ0n) is 16.1. The molecule has 5 rings (SSSR count). The number of H-pyrrole nitrogens is 1. The fraction of sp³-hybridized carbons (Fsp3) is 0.391. The topological polar surface area (TPSA) is 75.0 Å². The monoisotopic (exact) mass is 374 g/mol. The van der Waals surface area contributed by atoms with Crippen LogP contribution in [0.15, 0.2) is 36.4 Å². The number of fused-ring (bicyclic) bond motifs is 2. The largest absolute Gasteiger partial charge is 0.398 e. The maximum Gasteiger partial charge on any atom is 0.256 e. The molecule has 1 aliphatic heterocycles. The molecule has 3 N–H and O–H groups in total. The number of aromatic amines is 1. The Morgan fingerprint density at radius 2 is 1.82 bits per heavy atom. The van der Waals surface area contributed by atoms with Gasteiger partial charge in [-0.05, 0) is 35.6 Å². The minimum atomic E-state index is 0.000386. The van der Waals surface area contributed by atoms with Crippen LogP contribution in [0.3, 0.4) is 0 Å². The molecule has 2 aromatic carbocycles. The lowest BCUT2D eigenvalue weighted by molar-refractivity contribution is 0.0752. The van der Waals surface area contributed by atoms with E-state index < -0.39 is 0 Å². The van der Waals surface area contributed by atoms with Crippen molar-refractivity contribution in [1.29, 1.82) is 0 Å². The van der Waals surface area contributed by atoms with Crippen molar-refractivity contribution in [3.63, 3.8) is 0 Å². The first-order valence-corrected chi connectivity index (χ1v) is 10.3. The highest BCUT2D eigenvalue weighted by molar-refractivity contribution is 6.03. The number of nitrogens with two attached hydrogens (primary N) is 1. The fourth-order valence-electron chi connectivity index (χ4n) is 4.79. The van der Waals surface area contributed by atoms with Gasteiger partial charge < -0.3 is 10.6 Å². The lowest BCUT2D eigenvalue weighted by atomic mass is 9.85. The van der Waals surface area contributed by atoms with Crippen LogP contribution in [0.2, 0.25) is 0 Å². The number of rotatable bonds is 3. The van der Waals surface area contributed by atoms with Gasteiger partial charge in [0.1, 0.15) is 0 Å². The molecule has 1 saturated carbocycles. The van der Waals surface area contributed by atoms with Gasteiger partial charge in [0.25, 0.3) is 5.91 Å². The average molecular weight is 374 g/mol. The van der Waals surface area contributed by atoms with Crippen molar-refractivity contribution in [3.05, 3.63) is 58.8 Å². The van der Waals surface area contributed by atoms with Gasteiger partial charge in [0.05, 0.1) is 11.1 Å². The quantitative estimate of drug-likeness (QED) is 0.666. The summed E-state index contributed by atoms with van der Waals surface area (Å²) in [6.45, 7) is 1.29. The third kappa shape index (κ3) is 3.05. The van der Waals surface area contributed by atoms with E-state index in [1.54, 1.807) is 0 Å². The summed E-state index contributed by atoms with van der Waals surface area (Å²) in [5.74, 6) is 0.711. The van der Waals surface area contributed by atoms with Crippen molar-refractivity contribution < 1.29 is 4.79 Å². The number of hydrogen-bond donors (Lipinski definition) is 2. The molecule has 2 heterocycles. The Labute approximate surface area is 164 Å². The normalized spacial score (nSPS) is 17.2. The van der Waals surface area contributed by atoms with Gasteiger partial charge in [-0.25, -0.2) is 0 Å². The van der Waals surface area contributed by atoms with E-state index in [2.05, 4.69) is 22.3 Å². The predicted octanol–water partition coefficient (Wildman–Crippen LogP) is 4.42. The zero-order chi connectivity index (χ0) is 19.1. The minimum absolute atomic E-state index is 0.000386. The van der Waals surface area contributed by atoms with Crippen molar-refractivity contribution in [1.82, 2.24) is 15.1 Å². The first kappa shape index (κ1) is 17.3. The Bertz CT molecular complexity index is 1010. The van der Waals surface area contributed by atoms with Crippen LogP contribution >= 0.6 is 0 Å². The first-order chi connectivity index (χ1) is 13.7. The standard InChI is InChI=1S/C23H26N4O/c24-20-12-22-19(21(25-26-22)10-15-6-2-1-3-7-15)11-18(20)23(28)27-13-16-8-4-5-9-17(16)14-27/h4-5,8-9,11-12,15H,1-3,6-7,10,13-14,24H2,(H,25,26). The molecule has 1 fully saturated rings. The van der Waals surface area contributed by atoms with Crippen LogP contribution in [0.5, 0.6) is 0 Å². The van der Waals surface area contributed by atoms with Gasteiger partial charge in [-0.2, -0.15) is 5.10 Å². The second kappa shape index (κ2) is 6.97.